The average Bonchev–Trinajstić information content (AvgIpc) is 2.33. The minimum Gasteiger partial charge on any atom is -0.392 e. The van der Waals surface area contributed by atoms with Crippen LogP contribution < -0.4 is 5.32 Å². The molecule has 0 aliphatic heterocycles. The molecule has 2 atom stereocenters. The molecule has 0 saturated carbocycles. The van der Waals surface area contributed by atoms with E-state index >= 15 is 0 Å². The highest BCUT2D eigenvalue weighted by molar-refractivity contribution is 5.19. The summed E-state index contributed by atoms with van der Waals surface area (Å²) in [5.74, 6) is 0.532. The van der Waals surface area contributed by atoms with E-state index in [9.17, 15) is 5.11 Å². The van der Waals surface area contributed by atoms with Gasteiger partial charge in [-0.2, -0.15) is 0 Å². The number of rotatable bonds is 7. The minimum atomic E-state index is -0.263. The Morgan fingerprint density at radius 1 is 1.10 bits per heavy atom. The smallest absolute Gasteiger partial charge is 0.0667 e. The molecule has 114 valence electrons. The lowest BCUT2D eigenvalue weighted by atomic mass is 9.85. The summed E-state index contributed by atoms with van der Waals surface area (Å²) in [4.78, 5) is 0. The molecule has 0 aliphatic carbocycles. The summed E-state index contributed by atoms with van der Waals surface area (Å²) in [7, 11) is 0. The lowest BCUT2D eigenvalue weighted by molar-refractivity contribution is 0.138. The van der Waals surface area contributed by atoms with Crippen molar-refractivity contribution in [1.82, 2.24) is 5.32 Å². The van der Waals surface area contributed by atoms with Crippen LogP contribution in [0.25, 0.3) is 0 Å². The number of nitrogens with one attached hydrogen (secondary N) is 1. The van der Waals surface area contributed by atoms with E-state index in [2.05, 4.69) is 64.2 Å². The van der Waals surface area contributed by atoms with Crippen molar-refractivity contribution in [3.8, 4) is 0 Å². The van der Waals surface area contributed by atoms with Gasteiger partial charge in [-0.3, -0.25) is 0 Å². The summed E-state index contributed by atoms with van der Waals surface area (Å²) >= 11 is 0. The van der Waals surface area contributed by atoms with Crippen molar-refractivity contribution in [3.63, 3.8) is 0 Å². The first-order chi connectivity index (χ1) is 9.28. The molecular formula is C18H31NO. The van der Waals surface area contributed by atoms with Gasteiger partial charge in [-0.1, -0.05) is 65.0 Å². The highest BCUT2D eigenvalue weighted by atomic mass is 16.3. The zero-order chi connectivity index (χ0) is 15.2. The predicted octanol–water partition coefficient (Wildman–Crippen LogP) is 4.16. The Hall–Kier alpha value is -0.860. The van der Waals surface area contributed by atoms with Crippen LogP contribution in [0.4, 0.5) is 0 Å². The molecule has 2 unspecified atom stereocenters. The second-order valence-electron chi connectivity index (χ2n) is 7.42. The number of benzene rings is 1. The number of hydrogen-bond acceptors (Lipinski definition) is 2. The largest absolute Gasteiger partial charge is 0.392 e. The van der Waals surface area contributed by atoms with Crippen LogP contribution in [-0.2, 0) is 0 Å². The van der Waals surface area contributed by atoms with E-state index < -0.39 is 0 Å². The Morgan fingerprint density at radius 2 is 1.70 bits per heavy atom. The monoisotopic (exact) mass is 277 g/mol. The molecule has 0 fully saturated rings. The molecule has 2 N–H and O–H groups in total. The molecule has 2 heteroatoms. The van der Waals surface area contributed by atoms with Crippen LogP contribution in [0.2, 0.25) is 0 Å². The maximum atomic E-state index is 10.1. The topological polar surface area (TPSA) is 32.3 Å². The molecule has 0 aliphatic rings. The summed E-state index contributed by atoms with van der Waals surface area (Å²) in [6.07, 6.45) is 1.65. The molecule has 0 heterocycles. The molecule has 1 rings (SSSR count). The van der Waals surface area contributed by atoms with E-state index in [0.717, 1.165) is 12.8 Å². The Kier molecular flexibility index (Phi) is 6.70. The zero-order valence-corrected chi connectivity index (χ0v) is 13.7. The Balaban J connectivity index is 2.64. The van der Waals surface area contributed by atoms with Crippen LogP contribution in [0.15, 0.2) is 30.3 Å². The molecule has 0 saturated heterocycles. The van der Waals surface area contributed by atoms with Crippen molar-refractivity contribution >= 4 is 0 Å². The van der Waals surface area contributed by atoms with Crippen molar-refractivity contribution in [1.29, 1.82) is 0 Å². The van der Waals surface area contributed by atoms with Crippen LogP contribution >= 0.6 is 0 Å². The van der Waals surface area contributed by atoms with Gasteiger partial charge in [0, 0.05) is 12.6 Å². The van der Waals surface area contributed by atoms with Gasteiger partial charge in [-0.15, -0.1) is 0 Å². The Bertz CT molecular complexity index is 367. The summed E-state index contributed by atoms with van der Waals surface area (Å²) in [6.45, 7) is 11.7. The molecule has 1 aromatic rings. The van der Waals surface area contributed by atoms with Crippen molar-refractivity contribution < 1.29 is 5.11 Å². The Labute approximate surface area is 124 Å². The van der Waals surface area contributed by atoms with Gasteiger partial charge in [0.25, 0.3) is 0 Å². The molecule has 20 heavy (non-hydrogen) atoms. The van der Waals surface area contributed by atoms with Crippen molar-refractivity contribution in [2.45, 2.75) is 59.6 Å². The van der Waals surface area contributed by atoms with E-state index in [-0.39, 0.29) is 11.5 Å². The third kappa shape index (κ3) is 7.06. The van der Waals surface area contributed by atoms with E-state index in [1.165, 1.54) is 5.56 Å². The summed E-state index contributed by atoms with van der Waals surface area (Å²) in [6, 6.07) is 10.8. The summed E-state index contributed by atoms with van der Waals surface area (Å²) in [5.41, 5.74) is 1.57. The van der Waals surface area contributed by atoms with E-state index in [1.54, 1.807) is 0 Å². The highest BCUT2D eigenvalue weighted by Crippen LogP contribution is 2.29. The van der Waals surface area contributed by atoms with Crippen LogP contribution in [0.5, 0.6) is 0 Å². The van der Waals surface area contributed by atoms with Gasteiger partial charge in [-0.05, 0) is 29.7 Å². The average molecular weight is 277 g/mol. The SMILES string of the molecule is CC(C)CC(O)CNC(CC(C)(C)C)c1ccccc1. The molecule has 0 radical (unpaired) electrons. The maximum absolute atomic E-state index is 10.1. The molecule has 0 bridgehead atoms. The third-order valence-electron chi connectivity index (χ3n) is 3.36. The Morgan fingerprint density at radius 3 is 2.20 bits per heavy atom. The highest BCUT2D eigenvalue weighted by Gasteiger charge is 2.20. The first-order valence-corrected chi connectivity index (χ1v) is 7.74. The quantitative estimate of drug-likeness (QED) is 0.784. The van der Waals surface area contributed by atoms with Gasteiger partial charge in [0.05, 0.1) is 6.10 Å². The third-order valence-corrected chi connectivity index (χ3v) is 3.36. The standard InChI is InChI=1S/C18H31NO/c1-14(2)11-16(20)13-19-17(12-18(3,4)5)15-9-7-6-8-10-15/h6-10,14,16-17,19-20H,11-13H2,1-5H3. The van der Waals surface area contributed by atoms with Crippen LogP contribution in [0.1, 0.15) is 59.1 Å². The first-order valence-electron chi connectivity index (χ1n) is 7.74. The van der Waals surface area contributed by atoms with Crippen LogP contribution in [0.3, 0.4) is 0 Å². The van der Waals surface area contributed by atoms with Crippen molar-refractivity contribution in [2.75, 3.05) is 6.54 Å². The first kappa shape index (κ1) is 17.2. The number of aliphatic hydroxyl groups is 1. The molecule has 2 nitrogen and oxygen atoms in total. The van der Waals surface area contributed by atoms with Crippen molar-refractivity contribution in [3.05, 3.63) is 35.9 Å². The van der Waals surface area contributed by atoms with Gasteiger partial charge in [0.2, 0.25) is 0 Å². The van der Waals surface area contributed by atoms with Gasteiger partial charge in [0.1, 0.15) is 0 Å². The van der Waals surface area contributed by atoms with Gasteiger partial charge < -0.3 is 10.4 Å². The minimum absolute atomic E-state index is 0.260. The van der Waals surface area contributed by atoms with Gasteiger partial charge in [0.15, 0.2) is 0 Å². The molecule has 1 aromatic carbocycles. The molecular weight excluding hydrogens is 246 g/mol. The summed E-state index contributed by atoms with van der Waals surface area (Å²) < 4.78 is 0. The summed E-state index contributed by atoms with van der Waals surface area (Å²) in [5, 5.41) is 13.6. The lowest BCUT2D eigenvalue weighted by Gasteiger charge is -2.28. The fourth-order valence-corrected chi connectivity index (χ4v) is 2.51. The second kappa shape index (κ2) is 7.80. The second-order valence-corrected chi connectivity index (χ2v) is 7.42. The van der Waals surface area contributed by atoms with Crippen LogP contribution in [0, 0.1) is 11.3 Å². The lowest BCUT2D eigenvalue weighted by Crippen LogP contribution is -2.33. The molecule has 0 amide bonds. The molecule has 0 aromatic heterocycles. The van der Waals surface area contributed by atoms with E-state index in [4.69, 9.17) is 0 Å². The molecule has 0 spiro atoms. The normalized spacial score (nSPS) is 15.3. The van der Waals surface area contributed by atoms with Gasteiger partial charge >= 0.3 is 0 Å². The number of aliphatic hydroxyl groups excluding tert-OH is 1. The van der Waals surface area contributed by atoms with E-state index in [1.807, 2.05) is 6.07 Å². The fourth-order valence-electron chi connectivity index (χ4n) is 2.51. The van der Waals surface area contributed by atoms with Gasteiger partial charge in [-0.25, -0.2) is 0 Å². The van der Waals surface area contributed by atoms with Crippen LogP contribution in [-0.4, -0.2) is 17.8 Å². The number of hydrogen-bond donors (Lipinski definition) is 2. The maximum Gasteiger partial charge on any atom is 0.0667 e. The zero-order valence-electron chi connectivity index (χ0n) is 13.7. The fraction of sp³-hybridized carbons (Fsp3) is 0.667. The van der Waals surface area contributed by atoms with Crippen molar-refractivity contribution in [2.24, 2.45) is 11.3 Å². The van der Waals surface area contributed by atoms with E-state index in [0.29, 0.717) is 18.5 Å². The predicted molar refractivity (Wildman–Crippen MR) is 86.7 cm³/mol.